The molecule has 0 radical (unpaired) electrons. The Labute approximate surface area is 303 Å². The van der Waals surface area contributed by atoms with Crippen molar-refractivity contribution in [2.75, 3.05) is 0 Å². The average molecular weight is 684 g/mol. The Balaban J connectivity index is 1.25. The first kappa shape index (κ1) is 29.2. The third-order valence-corrected chi connectivity index (χ3v) is 11.5. The van der Waals surface area contributed by atoms with E-state index < -0.39 is 6.17 Å². The summed E-state index contributed by atoms with van der Waals surface area (Å²) in [5, 5.41) is 13.1. The number of furan rings is 1. The second-order valence-electron chi connectivity index (χ2n) is 13.3. The lowest BCUT2D eigenvalue weighted by Crippen LogP contribution is -2.33. The summed E-state index contributed by atoms with van der Waals surface area (Å²) >= 11 is 1.83. The highest BCUT2D eigenvalue weighted by Gasteiger charge is 2.28. The predicted molar refractivity (Wildman–Crippen MR) is 219 cm³/mol. The van der Waals surface area contributed by atoms with E-state index in [1.807, 2.05) is 29.5 Å². The molecular formula is C47H29N3OS. The molecule has 0 bridgehead atoms. The van der Waals surface area contributed by atoms with Gasteiger partial charge in [-0.3, -0.25) is 0 Å². The van der Waals surface area contributed by atoms with Gasteiger partial charge in [0.25, 0.3) is 0 Å². The van der Waals surface area contributed by atoms with Crippen LogP contribution < -0.4 is 5.32 Å². The van der Waals surface area contributed by atoms with E-state index in [0.29, 0.717) is 5.84 Å². The largest absolute Gasteiger partial charge is 0.456 e. The fraction of sp³-hybridized carbons (Fsp3) is 0.0213. The molecule has 1 atom stereocenters. The first-order valence-electron chi connectivity index (χ1n) is 17.5. The van der Waals surface area contributed by atoms with E-state index in [9.17, 15) is 0 Å². The maximum absolute atomic E-state index is 6.53. The monoisotopic (exact) mass is 683 g/mol. The van der Waals surface area contributed by atoms with Crippen molar-refractivity contribution in [3.63, 3.8) is 0 Å². The summed E-state index contributed by atoms with van der Waals surface area (Å²) in [5.74, 6) is 1.45. The number of nitrogens with zero attached hydrogens (tertiary/aromatic N) is 2. The first-order chi connectivity index (χ1) is 25.8. The van der Waals surface area contributed by atoms with Gasteiger partial charge in [0.15, 0.2) is 5.84 Å². The van der Waals surface area contributed by atoms with Crippen LogP contribution in [0, 0.1) is 0 Å². The van der Waals surface area contributed by atoms with Gasteiger partial charge in [0.05, 0.1) is 0 Å². The van der Waals surface area contributed by atoms with Crippen molar-refractivity contribution in [1.29, 1.82) is 0 Å². The second-order valence-corrected chi connectivity index (χ2v) is 14.4. The van der Waals surface area contributed by atoms with Crippen molar-refractivity contribution < 1.29 is 4.42 Å². The zero-order valence-electron chi connectivity index (χ0n) is 27.9. The number of hydrogen-bond donors (Lipinski definition) is 1. The van der Waals surface area contributed by atoms with Crippen molar-refractivity contribution in [3.05, 3.63) is 180 Å². The molecule has 4 nitrogen and oxygen atoms in total. The second kappa shape index (κ2) is 11.5. The topological polar surface area (TPSA) is 49.9 Å². The van der Waals surface area contributed by atoms with Crippen LogP contribution in [-0.2, 0) is 0 Å². The van der Waals surface area contributed by atoms with Gasteiger partial charge in [-0.1, -0.05) is 127 Å². The summed E-state index contributed by atoms with van der Waals surface area (Å²) < 4.78 is 9.05. The van der Waals surface area contributed by atoms with Gasteiger partial charge in [0.2, 0.25) is 0 Å². The zero-order chi connectivity index (χ0) is 34.2. The van der Waals surface area contributed by atoms with Crippen LogP contribution in [0.3, 0.4) is 0 Å². The number of fused-ring (bicyclic) bond motifs is 9. The minimum absolute atomic E-state index is 0.406. The Morgan fingerprint density at radius 2 is 1.23 bits per heavy atom. The maximum Gasteiger partial charge on any atom is 0.160 e. The van der Waals surface area contributed by atoms with Crippen molar-refractivity contribution in [2.45, 2.75) is 6.17 Å². The van der Waals surface area contributed by atoms with E-state index in [1.165, 1.54) is 36.3 Å². The summed E-state index contributed by atoms with van der Waals surface area (Å²) in [4.78, 5) is 11.0. The van der Waals surface area contributed by atoms with Crippen LogP contribution >= 0.6 is 11.3 Å². The van der Waals surface area contributed by atoms with Gasteiger partial charge < -0.3 is 9.73 Å². The lowest BCUT2D eigenvalue weighted by molar-refractivity contribution is 0.668. The zero-order valence-corrected chi connectivity index (χ0v) is 28.7. The van der Waals surface area contributed by atoms with E-state index in [4.69, 9.17) is 14.4 Å². The number of para-hydroxylation sites is 1. The van der Waals surface area contributed by atoms with Crippen molar-refractivity contribution in [3.8, 4) is 11.1 Å². The maximum atomic E-state index is 6.53. The summed E-state index contributed by atoms with van der Waals surface area (Å²) in [6, 6.07) is 57.8. The molecule has 52 heavy (non-hydrogen) atoms. The molecule has 1 aliphatic rings. The van der Waals surface area contributed by atoms with Crippen molar-refractivity contribution in [1.82, 2.24) is 5.32 Å². The van der Waals surface area contributed by atoms with Crippen LogP contribution in [0.2, 0.25) is 0 Å². The van der Waals surface area contributed by atoms with Gasteiger partial charge in [-0.05, 0) is 69.1 Å². The van der Waals surface area contributed by atoms with Crippen LogP contribution in [0.4, 0.5) is 0 Å². The van der Waals surface area contributed by atoms with Gasteiger partial charge in [-0.2, -0.15) is 0 Å². The Bertz CT molecular complexity index is 3120. The summed E-state index contributed by atoms with van der Waals surface area (Å²) in [5.41, 5.74) is 6.96. The van der Waals surface area contributed by atoms with E-state index >= 15 is 0 Å². The molecular weight excluding hydrogens is 655 g/mol. The van der Waals surface area contributed by atoms with Gasteiger partial charge in [0, 0.05) is 47.6 Å². The molecule has 1 unspecified atom stereocenters. The quantitative estimate of drug-likeness (QED) is 0.188. The van der Waals surface area contributed by atoms with Crippen LogP contribution in [-0.4, -0.2) is 11.7 Å². The van der Waals surface area contributed by atoms with E-state index in [2.05, 4.69) is 151 Å². The number of aliphatic imine (C=N–C) groups is 2. The highest BCUT2D eigenvalue weighted by atomic mass is 32.1. The molecule has 10 aromatic rings. The number of nitrogens with one attached hydrogen (secondary N) is 1. The highest BCUT2D eigenvalue weighted by Crippen LogP contribution is 2.45. The standard InChI is InChI=1S/C47H29N3OS/c1-2-13-28(14-3-1)45-48-46(37-27-29-15-4-5-16-30(29)31-17-6-7-18-32(31)37)50-47(49-45)44-34(25-26-39-43(44)35-19-8-10-22-38(35)51-39)33-21-12-24-41-42(33)36-20-9-11-23-40(36)52-41/h1-27,46H,(H,48,49,50). The van der Waals surface area contributed by atoms with Gasteiger partial charge in [-0.25, -0.2) is 9.98 Å². The van der Waals surface area contributed by atoms with E-state index in [1.54, 1.807) is 0 Å². The van der Waals surface area contributed by atoms with E-state index in [0.717, 1.165) is 61.0 Å². The number of hydrogen-bond acceptors (Lipinski definition) is 5. The molecule has 0 aliphatic carbocycles. The van der Waals surface area contributed by atoms with Gasteiger partial charge in [0.1, 0.15) is 23.2 Å². The van der Waals surface area contributed by atoms with Crippen LogP contribution in [0.15, 0.2) is 178 Å². The molecule has 0 fully saturated rings. The molecule has 0 spiro atoms. The Kier molecular flexibility index (Phi) is 6.45. The lowest BCUT2D eigenvalue weighted by atomic mass is 9.91. The number of rotatable bonds is 4. The predicted octanol–water partition coefficient (Wildman–Crippen LogP) is 12.4. The molecule has 0 amide bonds. The van der Waals surface area contributed by atoms with Crippen LogP contribution in [0.1, 0.15) is 22.9 Å². The molecule has 1 aliphatic heterocycles. The summed E-state index contributed by atoms with van der Waals surface area (Å²) in [6.07, 6.45) is -0.406. The van der Waals surface area contributed by atoms with Gasteiger partial charge >= 0.3 is 0 Å². The normalized spacial score (nSPS) is 14.7. The molecule has 11 rings (SSSR count). The first-order valence-corrected chi connectivity index (χ1v) is 18.3. The Hall–Kier alpha value is -6.56. The molecule has 244 valence electrons. The molecule has 1 N–H and O–H groups in total. The number of amidine groups is 2. The summed E-state index contributed by atoms with van der Waals surface area (Å²) in [7, 11) is 0. The fourth-order valence-electron chi connectivity index (χ4n) is 8.04. The third-order valence-electron chi connectivity index (χ3n) is 10.3. The van der Waals surface area contributed by atoms with Crippen LogP contribution in [0.25, 0.3) is 74.8 Å². The Morgan fingerprint density at radius 3 is 2.12 bits per heavy atom. The third kappa shape index (κ3) is 4.46. The van der Waals surface area contributed by atoms with E-state index in [-0.39, 0.29) is 0 Å². The SMILES string of the molecule is c1ccc(C2=NC(c3c(-c4cccc5sc6ccccc6c45)ccc4oc5ccccc5c34)=NC(c3cc4ccccc4c4ccccc34)N2)cc1. The van der Waals surface area contributed by atoms with Crippen molar-refractivity contribution >= 4 is 86.7 Å². The molecule has 8 aromatic carbocycles. The molecule has 2 aromatic heterocycles. The fourth-order valence-corrected chi connectivity index (χ4v) is 9.18. The molecule has 3 heterocycles. The molecule has 5 heteroatoms. The minimum Gasteiger partial charge on any atom is -0.456 e. The van der Waals surface area contributed by atoms with Crippen molar-refractivity contribution in [2.24, 2.45) is 9.98 Å². The number of thiophene rings is 1. The minimum atomic E-state index is -0.406. The average Bonchev–Trinajstić information content (AvgIpc) is 3.79. The lowest BCUT2D eigenvalue weighted by Gasteiger charge is -2.26. The van der Waals surface area contributed by atoms with Crippen LogP contribution in [0.5, 0.6) is 0 Å². The molecule has 0 saturated carbocycles. The molecule has 0 saturated heterocycles. The summed E-state index contributed by atoms with van der Waals surface area (Å²) in [6.45, 7) is 0. The van der Waals surface area contributed by atoms with Gasteiger partial charge in [-0.15, -0.1) is 11.3 Å². The Morgan fingerprint density at radius 1 is 0.519 bits per heavy atom. The highest BCUT2D eigenvalue weighted by molar-refractivity contribution is 7.25. The smallest absolute Gasteiger partial charge is 0.160 e. The number of benzene rings is 8.